The van der Waals surface area contributed by atoms with E-state index in [-0.39, 0.29) is 12.6 Å². The number of carbonyl (C=O) groups is 3. The van der Waals surface area contributed by atoms with Gasteiger partial charge in [0, 0.05) is 24.3 Å². The highest BCUT2D eigenvalue weighted by molar-refractivity contribution is 5.96. The number of urea groups is 1. The number of anilines is 1. The lowest BCUT2D eigenvalue weighted by molar-refractivity contribution is -0.141. The Morgan fingerprint density at radius 3 is 2.70 bits per heavy atom. The van der Waals surface area contributed by atoms with E-state index < -0.39 is 17.8 Å². The molecule has 1 fully saturated rings. The summed E-state index contributed by atoms with van der Waals surface area (Å²) in [5, 5.41) is 11.5. The second-order valence-electron chi connectivity index (χ2n) is 4.65. The topological polar surface area (TPSA) is 113 Å². The summed E-state index contributed by atoms with van der Waals surface area (Å²) in [4.78, 5) is 35.3. The summed E-state index contributed by atoms with van der Waals surface area (Å²) >= 11 is 0. The van der Waals surface area contributed by atoms with Crippen LogP contribution < -0.4 is 11.1 Å². The first-order chi connectivity index (χ1) is 9.47. The molecule has 0 aromatic heterocycles. The van der Waals surface area contributed by atoms with Gasteiger partial charge in [-0.15, -0.1) is 0 Å². The highest BCUT2D eigenvalue weighted by atomic mass is 16.4. The van der Waals surface area contributed by atoms with Gasteiger partial charge in [0.05, 0.1) is 5.92 Å². The number of carbonyl (C=O) groups excluding carboxylic acids is 2. The van der Waals surface area contributed by atoms with E-state index in [1.807, 2.05) is 0 Å². The second kappa shape index (κ2) is 5.60. The fraction of sp³-hybridized carbons (Fsp3) is 0.308. The average molecular weight is 277 g/mol. The monoisotopic (exact) mass is 277 g/mol. The zero-order valence-corrected chi connectivity index (χ0v) is 10.7. The SMILES string of the molecule is NC(=O)c1cccc(NC(=O)N2CCC(C(=O)O)C2)c1. The number of nitrogens with zero attached hydrogens (tertiary/aromatic N) is 1. The van der Waals surface area contributed by atoms with Crippen molar-refractivity contribution in [1.29, 1.82) is 0 Å². The Morgan fingerprint density at radius 2 is 2.10 bits per heavy atom. The number of hydrogen-bond donors (Lipinski definition) is 3. The first-order valence-corrected chi connectivity index (χ1v) is 6.16. The summed E-state index contributed by atoms with van der Waals surface area (Å²) in [6.07, 6.45) is 0.448. The van der Waals surface area contributed by atoms with Crippen LogP contribution in [0.15, 0.2) is 24.3 Å². The molecule has 3 amide bonds. The van der Waals surface area contributed by atoms with E-state index in [4.69, 9.17) is 10.8 Å². The molecule has 1 saturated heterocycles. The molecule has 0 bridgehead atoms. The van der Waals surface area contributed by atoms with Gasteiger partial charge in [-0.05, 0) is 24.6 Å². The van der Waals surface area contributed by atoms with Gasteiger partial charge in [0.25, 0.3) is 0 Å². The Kier molecular flexibility index (Phi) is 3.88. The first kappa shape index (κ1) is 13.9. The molecule has 7 nitrogen and oxygen atoms in total. The standard InChI is InChI=1S/C13H15N3O4/c14-11(17)8-2-1-3-10(6-8)15-13(20)16-5-4-9(7-16)12(18)19/h1-3,6,9H,4-5,7H2,(H2,14,17)(H,15,20)(H,18,19). The normalized spacial score (nSPS) is 17.8. The maximum Gasteiger partial charge on any atom is 0.321 e. The van der Waals surface area contributed by atoms with Crippen LogP contribution in [0.5, 0.6) is 0 Å². The quantitative estimate of drug-likeness (QED) is 0.755. The second-order valence-corrected chi connectivity index (χ2v) is 4.65. The molecule has 2 rings (SSSR count). The number of nitrogens with two attached hydrogens (primary N) is 1. The summed E-state index contributed by atoms with van der Waals surface area (Å²) in [7, 11) is 0. The van der Waals surface area contributed by atoms with Crippen LogP contribution in [0.2, 0.25) is 0 Å². The fourth-order valence-electron chi connectivity index (χ4n) is 2.10. The summed E-state index contributed by atoms with van der Waals surface area (Å²) < 4.78 is 0. The highest BCUT2D eigenvalue weighted by Gasteiger charge is 2.30. The fourth-order valence-corrected chi connectivity index (χ4v) is 2.10. The molecule has 7 heteroatoms. The van der Waals surface area contributed by atoms with Crippen LogP contribution in [0, 0.1) is 5.92 Å². The van der Waals surface area contributed by atoms with Gasteiger partial charge >= 0.3 is 12.0 Å². The maximum atomic E-state index is 12.0. The highest BCUT2D eigenvalue weighted by Crippen LogP contribution is 2.18. The molecule has 1 aliphatic rings. The van der Waals surface area contributed by atoms with Gasteiger partial charge in [0.15, 0.2) is 0 Å². The van der Waals surface area contributed by atoms with Crippen molar-refractivity contribution in [2.24, 2.45) is 11.7 Å². The zero-order valence-electron chi connectivity index (χ0n) is 10.7. The molecular formula is C13H15N3O4. The average Bonchev–Trinajstić information content (AvgIpc) is 2.88. The van der Waals surface area contributed by atoms with Crippen molar-refractivity contribution in [2.45, 2.75) is 6.42 Å². The van der Waals surface area contributed by atoms with E-state index in [0.29, 0.717) is 24.2 Å². The van der Waals surface area contributed by atoms with Crippen LogP contribution in [0.4, 0.5) is 10.5 Å². The molecule has 20 heavy (non-hydrogen) atoms. The zero-order chi connectivity index (χ0) is 14.7. The van der Waals surface area contributed by atoms with Crippen molar-refractivity contribution in [3.8, 4) is 0 Å². The lowest BCUT2D eigenvalue weighted by atomic mass is 10.1. The predicted octanol–water partition coefficient (Wildman–Crippen LogP) is 0.724. The van der Waals surface area contributed by atoms with Crippen LogP contribution in [-0.4, -0.2) is 41.0 Å². The molecule has 1 unspecified atom stereocenters. The molecule has 1 atom stereocenters. The number of benzene rings is 1. The molecule has 1 heterocycles. The largest absolute Gasteiger partial charge is 0.481 e. The van der Waals surface area contributed by atoms with Crippen LogP contribution in [0.3, 0.4) is 0 Å². The lowest BCUT2D eigenvalue weighted by Gasteiger charge is -2.16. The minimum atomic E-state index is -0.893. The van der Waals surface area contributed by atoms with Crippen LogP contribution in [0.1, 0.15) is 16.8 Å². The smallest absolute Gasteiger partial charge is 0.321 e. The van der Waals surface area contributed by atoms with E-state index in [2.05, 4.69) is 5.32 Å². The number of likely N-dealkylation sites (tertiary alicyclic amines) is 1. The molecule has 0 saturated carbocycles. The van der Waals surface area contributed by atoms with Gasteiger partial charge in [-0.2, -0.15) is 0 Å². The van der Waals surface area contributed by atoms with Crippen molar-refractivity contribution in [3.05, 3.63) is 29.8 Å². The third-order valence-electron chi connectivity index (χ3n) is 3.22. The summed E-state index contributed by atoms with van der Waals surface area (Å²) in [5.41, 5.74) is 5.91. The van der Waals surface area contributed by atoms with Gasteiger partial charge < -0.3 is 21.1 Å². The summed E-state index contributed by atoms with van der Waals surface area (Å²) in [6, 6.07) is 5.89. The Morgan fingerprint density at radius 1 is 1.35 bits per heavy atom. The Balaban J connectivity index is 2.00. The van der Waals surface area contributed by atoms with Crippen LogP contribution >= 0.6 is 0 Å². The van der Waals surface area contributed by atoms with Gasteiger partial charge in [-0.1, -0.05) is 6.07 Å². The van der Waals surface area contributed by atoms with Gasteiger partial charge in [-0.25, -0.2) is 4.79 Å². The molecule has 1 aromatic carbocycles. The summed E-state index contributed by atoms with van der Waals surface area (Å²) in [6.45, 7) is 0.592. The molecule has 4 N–H and O–H groups in total. The van der Waals surface area contributed by atoms with Crippen molar-refractivity contribution in [1.82, 2.24) is 4.90 Å². The van der Waals surface area contributed by atoms with Crippen molar-refractivity contribution >= 4 is 23.6 Å². The van der Waals surface area contributed by atoms with E-state index >= 15 is 0 Å². The molecule has 1 aromatic rings. The number of hydrogen-bond acceptors (Lipinski definition) is 3. The molecule has 106 valence electrons. The minimum Gasteiger partial charge on any atom is -0.481 e. The molecule has 0 spiro atoms. The Hall–Kier alpha value is -2.57. The Bertz CT molecular complexity index is 558. The third kappa shape index (κ3) is 3.05. The van der Waals surface area contributed by atoms with Crippen molar-refractivity contribution in [3.63, 3.8) is 0 Å². The lowest BCUT2D eigenvalue weighted by Crippen LogP contribution is -2.33. The van der Waals surface area contributed by atoms with Gasteiger partial charge in [-0.3, -0.25) is 9.59 Å². The van der Waals surface area contributed by atoms with Crippen molar-refractivity contribution in [2.75, 3.05) is 18.4 Å². The number of rotatable bonds is 3. The number of carboxylic acid groups (broad SMARTS) is 1. The van der Waals surface area contributed by atoms with Gasteiger partial charge in [0.1, 0.15) is 0 Å². The number of nitrogens with one attached hydrogen (secondary N) is 1. The van der Waals surface area contributed by atoms with E-state index in [1.54, 1.807) is 18.2 Å². The van der Waals surface area contributed by atoms with E-state index in [1.165, 1.54) is 11.0 Å². The van der Waals surface area contributed by atoms with Gasteiger partial charge in [0.2, 0.25) is 5.91 Å². The van der Waals surface area contributed by atoms with Crippen molar-refractivity contribution < 1.29 is 19.5 Å². The minimum absolute atomic E-state index is 0.191. The molecule has 0 aliphatic carbocycles. The number of aliphatic carboxylic acids is 1. The van der Waals surface area contributed by atoms with Crippen LogP contribution in [-0.2, 0) is 4.79 Å². The van der Waals surface area contributed by atoms with E-state index in [9.17, 15) is 14.4 Å². The predicted molar refractivity (Wildman–Crippen MR) is 71.3 cm³/mol. The maximum absolute atomic E-state index is 12.0. The number of carboxylic acids is 1. The molecule has 1 aliphatic heterocycles. The Labute approximate surface area is 115 Å². The van der Waals surface area contributed by atoms with E-state index in [0.717, 1.165) is 0 Å². The molecular weight excluding hydrogens is 262 g/mol. The first-order valence-electron chi connectivity index (χ1n) is 6.16. The molecule has 0 radical (unpaired) electrons. The van der Waals surface area contributed by atoms with Crippen LogP contribution in [0.25, 0.3) is 0 Å². The summed E-state index contributed by atoms with van der Waals surface area (Å²) in [5.74, 6) is -1.98. The number of amides is 3. The third-order valence-corrected chi connectivity index (χ3v) is 3.22. The number of primary amides is 1.